The molecule has 246 valence electrons. The van der Waals surface area contributed by atoms with Crippen LogP contribution in [-0.2, 0) is 29.0 Å². The molecule has 7 nitrogen and oxygen atoms in total. The van der Waals surface area contributed by atoms with E-state index < -0.39 is 0 Å². The maximum absolute atomic E-state index is 14.1. The van der Waals surface area contributed by atoms with Crippen molar-refractivity contribution in [1.82, 2.24) is 14.8 Å². The Balaban J connectivity index is 0.975. The number of aryl methyl sites for hydroxylation is 2. The third-order valence-electron chi connectivity index (χ3n) is 10.9. The van der Waals surface area contributed by atoms with Crippen LogP contribution in [0.2, 0.25) is 0 Å². The van der Waals surface area contributed by atoms with Crippen LogP contribution in [0.5, 0.6) is 5.88 Å². The first-order valence-electron chi connectivity index (χ1n) is 17.4. The molecule has 0 spiro atoms. The summed E-state index contributed by atoms with van der Waals surface area (Å²) in [5.74, 6) is 1.95. The van der Waals surface area contributed by atoms with E-state index in [2.05, 4.69) is 43.9 Å². The highest BCUT2D eigenvalue weighted by molar-refractivity contribution is 7.12. The molecule has 1 amide bonds. The predicted octanol–water partition coefficient (Wildman–Crippen LogP) is 7.00. The Kier molecular flexibility index (Phi) is 9.51. The van der Waals surface area contributed by atoms with Gasteiger partial charge >= 0.3 is 0 Å². The van der Waals surface area contributed by atoms with Gasteiger partial charge in [0, 0.05) is 59.7 Å². The van der Waals surface area contributed by atoms with E-state index in [1.54, 1.807) is 0 Å². The minimum absolute atomic E-state index is 0.157. The van der Waals surface area contributed by atoms with E-state index in [4.69, 9.17) is 19.2 Å². The van der Waals surface area contributed by atoms with Crippen LogP contribution in [0, 0.1) is 26.7 Å². The van der Waals surface area contributed by atoms with Crippen LogP contribution >= 0.6 is 11.3 Å². The van der Waals surface area contributed by atoms with Crippen molar-refractivity contribution in [2.75, 3.05) is 32.8 Å². The number of pyridine rings is 1. The number of benzene rings is 1. The van der Waals surface area contributed by atoms with Gasteiger partial charge in [0.15, 0.2) is 0 Å². The van der Waals surface area contributed by atoms with Crippen LogP contribution in [0.15, 0.2) is 36.4 Å². The largest absolute Gasteiger partial charge is 0.473 e. The van der Waals surface area contributed by atoms with Crippen molar-refractivity contribution in [2.45, 2.75) is 104 Å². The number of thiophene rings is 1. The molecule has 1 aromatic carbocycles. The summed E-state index contributed by atoms with van der Waals surface area (Å²) in [4.78, 5) is 26.2. The van der Waals surface area contributed by atoms with Crippen LogP contribution in [0.1, 0.15) is 93.0 Å². The fourth-order valence-electron chi connectivity index (χ4n) is 8.11. The molecule has 8 heteroatoms. The van der Waals surface area contributed by atoms with E-state index in [0.29, 0.717) is 49.1 Å². The van der Waals surface area contributed by atoms with Crippen molar-refractivity contribution in [1.29, 1.82) is 0 Å². The van der Waals surface area contributed by atoms with E-state index in [0.717, 1.165) is 73.6 Å². The molecule has 2 saturated heterocycles. The molecule has 2 aromatic heterocycles. The van der Waals surface area contributed by atoms with Crippen LogP contribution in [0.3, 0.4) is 0 Å². The van der Waals surface area contributed by atoms with E-state index in [1.165, 1.54) is 41.0 Å². The first-order valence-corrected chi connectivity index (χ1v) is 18.2. The number of aromatic nitrogens is 1. The fourth-order valence-corrected chi connectivity index (χ4v) is 9.55. The zero-order valence-electron chi connectivity index (χ0n) is 27.9. The number of amides is 1. The van der Waals surface area contributed by atoms with Crippen molar-refractivity contribution >= 4 is 17.2 Å². The van der Waals surface area contributed by atoms with Crippen LogP contribution in [0.4, 0.5) is 0 Å². The number of likely N-dealkylation sites (tertiary alicyclic amines) is 1. The topological polar surface area (TPSA) is 64.1 Å². The lowest BCUT2D eigenvalue weighted by Gasteiger charge is -2.47. The quantitative estimate of drug-likeness (QED) is 0.237. The summed E-state index contributed by atoms with van der Waals surface area (Å²) in [5, 5.41) is 0. The highest BCUT2D eigenvalue weighted by Crippen LogP contribution is 2.44. The molecule has 0 bridgehead atoms. The lowest BCUT2D eigenvalue weighted by molar-refractivity contribution is -0.110. The number of rotatable bonds is 10. The minimum atomic E-state index is 0.157. The number of nitrogens with zero attached hydrogens (tertiary/aromatic N) is 3. The molecule has 4 aliphatic rings. The van der Waals surface area contributed by atoms with Crippen molar-refractivity contribution in [2.24, 2.45) is 5.92 Å². The molecule has 1 saturated carbocycles. The van der Waals surface area contributed by atoms with Gasteiger partial charge in [0.05, 0.1) is 30.9 Å². The molecule has 0 N–H and O–H groups in total. The SMILES string of the molecule is Cc1cc(C)c(CN2CCc3sc([C@H](C)C4CCC(N5CC(O[C@H]6CCOC6)C5)CC4)c(C)c3C2=O)c(OCc2ccccc2)n1. The maximum atomic E-state index is 14.1. The molecule has 2 atom stereocenters. The van der Waals surface area contributed by atoms with Crippen molar-refractivity contribution in [3.05, 3.63) is 79.7 Å². The summed E-state index contributed by atoms with van der Waals surface area (Å²) in [6.45, 7) is 14.2. The summed E-state index contributed by atoms with van der Waals surface area (Å²) in [5.41, 5.74) is 6.31. The second kappa shape index (κ2) is 13.8. The number of carbonyl (C=O) groups excluding carboxylic acids is 1. The van der Waals surface area contributed by atoms with E-state index in [9.17, 15) is 4.79 Å². The number of carbonyl (C=O) groups is 1. The normalized spacial score (nSPS) is 24.6. The standard InChI is InChI=1S/C38H49N3O4S/c1-24-18-25(2)39-37(44-22-28-8-6-5-7-9-28)33(24)21-40-16-14-34-35(38(40)42)27(4)36(46-34)26(3)29-10-12-30(13-11-29)41-19-32(20-41)45-31-15-17-43-23-31/h5-9,18,26,29-32H,10-17,19-23H2,1-4H3/t26-,29?,30?,31+/m1/s1. The summed E-state index contributed by atoms with van der Waals surface area (Å²) < 4.78 is 18.0. The molecule has 3 fully saturated rings. The first kappa shape index (κ1) is 31.8. The lowest BCUT2D eigenvalue weighted by atomic mass is 9.76. The summed E-state index contributed by atoms with van der Waals surface area (Å²) in [7, 11) is 0. The average Bonchev–Trinajstić information content (AvgIpc) is 3.68. The van der Waals surface area contributed by atoms with E-state index in [1.807, 2.05) is 41.4 Å². The van der Waals surface area contributed by atoms with Crippen molar-refractivity contribution in [3.8, 4) is 5.88 Å². The highest BCUT2D eigenvalue weighted by atomic mass is 32.1. The van der Waals surface area contributed by atoms with Crippen LogP contribution < -0.4 is 4.74 Å². The average molecular weight is 644 g/mol. The molecule has 7 rings (SSSR count). The number of ether oxygens (including phenoxy) is 3. The molecular formula is C38H49N3O4S. The number of fused-ring (bicyclic) bond motifs is 1. The van der Waals surface area contributed by atoms with Gasteiger partial charge in [0.2, 0.25) is 5.88 Å². The Bertz CT molecular complexity index is 1520. The maximum Gasteiger partial charge on any atom is 0.255 e. The van der Waals surface area contributed by atoms with Gasteiger partial charge in [-0.15, -0.1) is 11.3 Å². The van der Waals surface area contributed by atoms with E-state index >= 15 is 0 Å². The monoisotopic (exact) mass is 643 g/mol. The van der Waals surface area contributed by atoms with Gasteiger partial charge in [-0.3, -0.25) is 9.69 Å². The molecule has 46 heavy (non-hydrogen) atoms. The third kappa shape index (κ3) is 6.64. The van der Waals surface area contributed by atoms with Gasteiger partial charge in [-0.2, -0.15) is 0 Å². The van der Waals surface area contributed by atoms with Gasteiger partial charge in [0.25, 0.3) is 5.91 Å². The molecular weight excluding hydrogens is 595 g/mol. The Morgan fingerprint density at radius 1 is 1.04 bits per heavy atom. The van der Waals surface area contributed by atoms with Crippen molar-refractivity contribution in [3.63, 3.8) is 0 Å². The van der Waals surface area contributed by atoms with E-state index in [-0.39, 0.29) is 5.91 Å². The molecule has 0 radical (unpaired) electrons. The summed E-state index contributed by atoms with van der Waals surface area (Å²) >= 11 is 1.91. The second-order valence-corrected chi connectivity index (χ2v) is 15.2. The third-order valence-corrected chi connectivity index (χ3v) is 12.5. The van der Waals surface area contributed by atoms with Gasteiger partial charge < -0.3 is 19.1 Å². The molecule has 1 aliphatic carbocycles. The Morgan fingerprint density at radius 2 is 1.83 bits per heavy atom. The fraction of sp³-hybridized carbons (Fsp3) is 0.579. The minimum Gasteiger partial charge on any atom is -0.473 e. The molecule has 5 heterocycles. The van der Waals surface area contributed by atoms with Gasteiger partial charge in [-0.05, 0) is 87.5 Å². The number of hydrogen-bond acceptors (Lipinski definition) is 7. The summed E-state index contributed by atoms with van der Waals surface area (Å²) in [6.07, 6.45) is 7.71. The smallest absolute Gasteiger partial charge is 0.255 e. The van der Waals surface area contributed by atoms with Gasteiger partial charge in [0.1, 0.15) is 6.61 Å². The van der Waals surface area contributed by atoms with Crippen LogP contribution in [0.25, 0.3) is 0 Å². The van der Waals surface area contributed by atoms with Crippen LogP contribution in [-0.4, -0.2) is 71.8 Å². The Hall–Kier alpha value is -2.78. The first-order chi connectivity index (χ1) is 22.3. The Morgan fingerprint density at radius 3 is 2.57 bits per heavy atom. The second-order valence-electron chi connectivity index (χ2n) is 14.1. The highest BCUT2D eigenvalue weighted by Gasteiger charge is 2.39. The van der Waals surface area contributed by atoms with Gasteiger partial charge in [-0.1, -0.05) is 37.3 Å². The molecule has 3 aliphatic heterocycles. The summed E-state index contributed by atoms with van der Waals surface area (Å²) in [6, 6.07) is 13.0. The van der Waals surface area contributed by atoms with Crippen molar-refractivity contribution < 1.29 is 19.0 Å². The Labute approximate surface area is 278 Å². The zero-order chi connectivity index (χ0) is 31.8. The lowest BCUT2D eigenvalue weighted by Crippen LogP contribution is -2.58. The molecule has 0 unspecified atom stereocenters. The zero-order valence-corrected chi connectivity index (χ0v) is 28.7. The number of hydrogen-bond donors (Lipinski definition) is 0. The van der Waals surface area contributed by atoms with Gasteiger partial charge in [-0.25, -0.2) is 4.98 Å². The molecule has 3 aromatic rings. The predicted molar refractivity (Wildman–Crippen MR) is 182 cm³/mol.